The van der Waals surface area contributed by atoms with E-state index in [0.29, 0.717) is 30.2 Å². The molecule has 1 aromatic heterocycles. The maximum absolute atomic E-state index is 13.1. The van der Waals surface area contributed by atoms with E-state index >= 15 is 0 Å². The van der Waals surface area contributed by atoms with Gasteiger partial charge in [0.2, 0.25) is 0 Å². The first-order chi connectivity index (χ1) is 16.5. The Hall–Kier alpha value is -3.32. The van der Waals surface area contributed by atoms with Gasteiger partial charge in [0.15, 0.2) is 0 Å². The number of benzene rings is 2. The molecule has 0 radical (unpaired) electrons. The number of nitrogens with two attached hydrogens (primary N) is 1. The lowest BCUT2D eigenvalue weighted by atomic mass is 9.93. The number of pyridine rings is 1. The summed E-state index contributed by atoms with van der Waals surface area (Å²) in [7, 11) is 0. The normalized spacial score (nSPS) is 18.9. The van der Waals surface area contributed by atoms with Gasteiger partial charge in [0.25, 0.3) is 12.3 Å². The van der Waals surface area contributed by atoms with Crippen LogP contribution in [0.25, 0.3) is 11.1 Å². The van der Waals surface area contributed by atoms with Crippen molar-refractivity contribution in [1.82, 2.24) is 9.88 Å². The van der Waals surface area contributed by atoms with Gasteiger partial charge in [0.05, 0.1) is 12.2 Å². The highest BCUT2D eigenvalue weighted by Crippen LogP contribution is 2.35. The molecule has 1 amide bonds. The van der Waals surface area contributed by atoms with Crippen molar-refractivity contribution in [3.8, 4) is 11.1 Å². The number of anilines is 2. The second-order valence-corrected chi connectivity index (χ2v) is 9.01. The molecule has 0 spiro atoms. The van der Waals surface area contributed by atoms with Crippen molar-refractivity contribution in [3.63, 3.8) is 0 Å². The molecule has 2 N–H and O–H groups in total. The summed E-state index contributed by atoms with van der Waals surface area (Å²) in [6.07, 6.45) is 3.03. The number of halogens is 2. The Kier molecular flexibility index (Phi) is 6.28. The number of hydrogen-bond acceptors (Lipinski definition) is 4. The molecule has 1 fully saturated rings. The average Bonchev–Trinajstić information content (AvgIpc) is 2.85. The van der Waals surface area contributed by atoms with Crippen LogP contribution in [0.2, 0.25) is 0 Å². The third-order valence-electron chi connectivity index (χ3n) is 6.90. The number of rotatable bonds is 5. The number of amides is 1. The first kappa shape index (κ1) is 22.5. The SMILES string of the molecule is Nc1ncc(-c2ccc(C3CCCCN3CC(F)F)cc2)cc1N1CCc2ccccc2C1=O. The number of alkyl halides is 2. The van der Waals surface area contributed by atoms with Crippen LogP contribution < -0.4 is 10.6 Å². The van der Waals surface area contributed by atoms with E-state index in [-0.39, 0.29) is 18.5 Å². The molecule has 0 aliphatic carbocycles. The first-order valence-electron chi connectivity index (χ1n) is 11.8. The molecule has 5 rings (SSSR count). The van der Waals surface area contributed by atoms with Crippen LogP contribution in [0.5, 0.6) is 0 Å². The number of aromatic nitrogens is 1. The van der Waals surface area contributed by atoms with E-state index in [2.05, 4.69) is 4.98 Å². The highest BCUT2D eigenvalue weighted by Gasteiger charge is 2.28. The number of likely N-dealkylation sites (tertiary alicyclic amines) is 1. The van der Waals surface area contributed by atoms with Crippen molar-refractivity contribution in [2.24, 2.45) is 0 Å². The fraction of sp³-hybridized carbons (Fsp3) is 0.333. The summed E-state index contributed by atoms with van der Waals surface area (Å²) >= 11 is 0. The molecular formula is C27H28F2N4O. The lowest BCUT2D eigenvalue weighted by molar-refractivity contribution is 0.0489. The number of carbonyl (C=O) groups excluding carboxylic acids is 1. The number of piperidine rings is 1. The average molecular weight is 463 g/mol. The minimum atomic E-state index is -2.33. The van der Waals surface area contributed by atoms with Gasteiger partial charge >= 0.3 is 0 Å². The zero-order valence-electron chi connectivity index (χ0n) is 19.0. The van der Waals surface area contributed by atoms with Crippen LogP contribution >= 0.6 is 0 Å². The van der Waals surface area contributed by atoms with Crippen molar-refractivity contribution in [2.45, 2.75) is 38.2 Å². The second-order valence-electron chi connectivity index (χ2n) is 9.01. The molecule has 2 aromatic carbocycles. The summed E-state index contributed by atoms with van der Waals surface area (Å²) in [5.74, 6) is 0.247. The van der Waals surface area contributed by atoms with E-state index in [9.17, 15) is 13.6 Å². The molecule has 1 unspecified atom stereocenters. The van der Waals surface area contributed by atoms with Crippen molar-refractivity contribution < 1.29 is 13.6 Å². The molecule has 3 heterocycles. The molecule has 176 valence electrons. The standard InChI is InChI=1S/C27H28F2N4O/c28-25(29)17-32-13-4-3-7-23(32)20-10-8-18(9-11-20)21-15-24(26(30)31-16-21)33-14-12-19-5-1-2-6-22(19)27(33)34/h1-2,5-6,8-11,15-16,23,25H,3-4,7,12-14,17H2,(H2,30,31). The number of carbonyl (C=O) groups is 1. The fourth-order valence-corrected chi connectivity index (χ4v) is 5.16. The van der Waals surface area contributed by atoms with Gasteiger partial charge in [-0.2, -0.15) is 0 Å². The molecule has 0 saturated carbocycles. The number of nitrogens with zero attached hydrogens (tertiary/aromatic N) is 3. The van der Waals surface area contributed by atoms with Crippen LogP contribution in [-0.2, 0) is 6.42 Å². The number of hydrogen-bond donors (Lipinski definition) is 1. The quantitative estimate of drug-likeness (QED) is 0.557. The smallest absolute Gasteiger partial charge is 0.258 e. The lowest BCUT2D eigenvalue weighted by Gasteiger charge is -2.35. The lowest BCUT2D eigenvalue weighted by Crippen LogP contribution is -2.38. The largest absolute Gasteiger partial charge is 0.382 e. The predicted molar refractivity (Wildman–Crippen MR) is 130 cm³/mol. The molecule has 1 saturated heterocycles. The third kappa shape index (κ3) is 4.40. The minimum Gasteiger partial charge on any atom is -0.382 e. The van der Waals surface area contributed by atoms with Crippen molar-refractivity contribution >= 4 is 17.4 Å². The fourth-order valence-electron chi connectivity index (χ4n) is 5.16. The topological polar surface area (TPSA) is 62.5 Å². The van der Waals surface area contributed by atoms with Crippen LogP contribution in [0.1, 0.15) is 46.8 Å². The van der Waals surface area contributed by atoms with E-state index < -0.39 is 6.43 Å². The Morgan fingerprint density at radius 3 is 2.62 bits per heavy atom. The molecule has 7 heteroatoms. The molecule has 3 aromatic rings. The van der Waals surface area contributed by atoms with Crippen LogP contribution in [-0.4, -0.2) is 41.9 Å². The van der Waals surface area contributed by atoms with Gasteiger partial charge in [-0.05, 0) is 54.6 Å². The van der Waals surface area contributed by atoms with E-state index in [1.165, 1.54) is 0 Å². The highest BCUT2D eigenvalue weighted by atomic mass is 19.3. The highest BCUT2D eigenvalue weighted by molar-refractivity contribution is 6.09. The summed E-state index contributed by atoms with van der Waals surface area (Å²) in [4.78, 5) is 21.1. The Balaban J connectivity index is 1.40. The monoisotopic (exact) mass is 462 g/mol. The van der Waals surface area contributed by atoms with E-state index in [1.54, 1.807) is 11.1 Å². The Morgan fingerprint density at radius 1 is 1.03 bits per heavy atom. The molecule has 1 atom stereocenters. The molecule has 2 aliphatic heterocycles. The zero-order chi connectivity index (χ0) is 23.7. The molecule has 0 bridgehead atoms. The summed E-state index contributed by atoms with van der Waals surface area (Å²) in [6.45, 7) is 1.06. The Labute approximate surface area is 198 Å². The van der Waals surface area contributed by atoms with Gasteiger partial charge < -0.3 is 10.6 Å². The maximum Gasteiger partial charge on any atom is 0.258 e. The molecule has 34 heavy (non-hydrogen) atoms. The van der Waals surface area contributed by atoms with Crippen LogP contribution in [0.4, 0.5) is 20.3 Å². The predicted octanol–water partition coefficient (Wildman–Crippen LogP) is 5.33. The second kappa shape index (κ2) is 9.50. The van der Waals surface area contributed by atoms with Crippen molar-refractivity contribution in [1.29, 1.82) is 0 Å². The van der Waals surface area contributed by atoms with Crippen LogP contribution in [0.3, 0.4) is 0 Å². The van der Waals surface area contributed by atoms with Gasteiger partial charge in [0, 0.05) is 29.9 Å². The molecular weight excluding hydrogens is 434 g/mol. The van der Waals surface area contributed by atoms with E-state index in [4.69, 9.17) is 5.73 Å². The van der Waals surface area contributed by atoms with Crippen LogP contribution in [0.15, 0.2) is 60.8 Å². The van der Waals surface area contributed by atoms with E-state index in [0.717, 1.165) is 47.9 Å². The summed E-state index contributed by atoms with van der Waals surface area (Å²) in [6, 6.07) is 17.6. The van der Waals surface area contributed by atoms with Gasteiger partial charge in [-0.15, -0.1) is 0 Å². The zero-order valence-corrected chi connectivity index (χ0v) is 19.0. The minimum absolute atomic E-state index is 0.0166. The van der Waals surface area contributed by atoms with Gasteiger partial charge in [0.1, 0.15) is 5.82 Å². The molecule has 2 aliphatic rings. The maximum atomic E-state index is 13.1. The van der Waals surface area contributed by atoms with Gasteiger partial charge in [-0.1, -0.05) is 48.9 Å². The summed E-state index contributed by atoms with van der Waals surface area (Å²) in [5.41, 5.74) is 11.4. The molecule has 5 nitrogen and oxygen atoms in total. The van der Waals surface area contributed by atoms with Crippen molar-refractivity contribution in [3.05, 3.63) is 77.5 Å². The van der Waals surface area contributed by atoms with E-state index in [1.807, 2.05) is 59.5 Å². The van der Waals surface area contributed by atoms with Gasteiger partial charge in [-0.25, -0.2) is 13.8 Å². The summed E-state index contributed by atoms with van der Waals surface area (Å²) in [5, 5.41) is 0. The first-order valence-corrected chi connectivity index (χ1v) is 11.8. The number of nitrogen functional groups attached to an aromatic ring is 1. The van der Waals surface area contributed by atoms with Gasteiger partial charge in [-0.3, -0.25) is 9.69 Å². The Bertz CT molecular complexity index is 1180. The van der Waals surface area contributed by atoms with Crippen molar-refractivity contribution in [2.75, 3.05) is 30.3 Å². The van der Waals surface area contributed by atoms with Crippen LogP contribution in [0, 0.1) is 0 Å². The summed E-state index contributed by atoms with van der Waals surface area (Å²) < 4.78 is 26.1. The number of fused-ring (bicyclic) bond motifs is 1. The third-order valence-corrected chi connectivity index (χ3v) is 6.90. The Morgan fingerprint density at radius 2 is 1.82 bits per heavy atom.